The minimum Gasteiger partial charge on any atom is -0.258 e. The normalized spacial score (nSPS) is 10.7. The van der Waals surface area contributed by atoms with E-state index in [-0.39, 0.29) is 20.6 Å². The maximum atomic E-state index is 12.1. The van der Waals surface area contributed by atoms with E-state index >= 15 is 0 Å². The van der Waals surface area contributed by atoms with Crippen LogP contribution in [0.1, 0.15) is 11.1 Å². The number of nitro groups is 2. The average molecular weight is 579 g/mol. The lowest BCUT2D eigenvalue weighted by Gasteiger charge is -2.08. The van der Waals surface area contributed by atoms with Crippen molar-refractivity contribution in [2.75, 3.05) is 0 Å². The number of nitro benzene ring substituents is 2. The summed E-state index contributed by atoms with van der Waals surface area (Å²) in [5, 5.41) is 21.5. The van der Waals surface area contributed by atoms with E-state index in [0.717, 1.165) is 10.5 Å². The van der Waals surface area contributed by atoms with E-state index in [2.05, 4.69) is 47.8 Å². The zero-order valence-electron chi connectivity index (χ0n) is 13.2. The molecule has 0 aromatic heterocycles. The Balaban J connectivity index is 0.000000277. The molecule has 0 spiro atoms. The van der Waals surface area contributed by atoms with Crippen LogP contribution in [0.2, 0.25) is 0 Å². The smallest absolute Gasteiger partial charge is 0.258 e. The molecule has 0 amide bonds. The van der Waals surface area contributed by atoms with Crippen molar-refractivity contribution in [3.63, 3.8) is 0 Å². The molecule has 0 aliphatic carbocycles. The van der Waals surface area contributed by atoms with Crippen molar-refractivity contribution in [3.8, 4) is 0 Å². The molecular formula is C15H10Br3F3N2O4. The van der Waals surface area contributed by atoms with Gasteiger partial charge < -0.3 is 0 Å². The third kappa shape index (κ3) is 7.18. The fourth-order valence-corrected chi connectivity index (χ4v) is 3.90. The second kappa shape index (κ2) is 10.1. The first-order chi connectivity index (χ1) is 12.5. The van der Waals surface area contributed by atoms with Gasteiger partial charge in [0.1, 0.15) is 0 Å². The fourth-order valence-electron chi connectivity index (χ4n) is 1.94. The molecule has 0 bridgehead atoms. The van der Waals surface area contributed by atoms with Gasteiger partial charge in [-0.25, -0.2) is 0 Å². The number of rotatable bonds is 4. The Hall–Kier alpha value is -1.53. The molecule has 0 saturated carbocycles. The molecule has 0 saturated heterocycles. The quantitative estimate of drug-likeness (QED) is 0.229. The summed E-state index contributed by atoms with van der Waals surface area (Å²) in [6.45, 7) is 0. The van der Waals surface area contributed by atoms with Crippen molar-refractivity contribution in [3.05, 3.63) is 76.7 Å². The minimum atomic E-state index is -4.46. The summed E-state index contributed by atoms with van der Waals surface area (Å²) in [4.78, 5) is 19.8. The highest BCUT2D eigenvalue weighted by molar-refractivity contribution is 9.11. The third-order valence-corrected chi connectivity index (χ3v) is 5.14. The molecule has 0 radical (unpaired) electrons. The third-order valence-electron chi connectivity index (χ3n) is 3.09. The minimum absolute atomic E-state index is 0.0917. The first-order valence-corrected chi connectivity index (χ1v) is 9.65. The molecule has 0 heterocycles. The number of halogens is 6. The van der Waals surface area contributed by atoms with Crippen molar-refractivity contribution in [2.45, 2.75) is 17.9 Å². The van der Waals surface area contributed by atoms with Crippen molar-refractivity contribution < 1.29 is 23.0 Å². The lowest BCUT2D eigenvalue weighted by molar-refractivity contribution is -0.386. The van der Waals surface area contributed by atoms with Crippen LogP contribution in [0.15, 0.2) is 45.3 Å². The Labute approximate surface area is 176 Å². The number of hydrogen-bond acceptors (Lipinski definition) is 4. The number of benzene rings is 2. The Morgan fingerprint density at radius 1 is 0.852 bits per heavy atom. The zero-order chi connectivity index (χ0) is 20.8. The molecule has 0 fully saturated rings. The Bertz CT molecular complexity index is 848. The number of nitrogens with zero attached hydrogens (tertiary/aromatic N) is 2. The average Bonchev–Trinajstić information content (AvgIpc) is 2.55. The van der Waals surface area contributed by atoms with Gasteiger partial charge in [0.05, 0.1) is 27.4 Å². The highest BCUT2D eigenvalue weighted by Crippen LogP contribution is 2.32. The van der Waals surface area contributed by atoms with Gasteiger partial charge in [-0.05, 0) is 12.1 Å². The molecule has 27 heavy (non-hydrogen) atoms. The molecular weight excluding hydrogens is 569 g/mol. The Morgan fingerprint density at radius 3 is 1.59 bits per heavy atom. The molecule has 0 unspecified atom stereocenters. The number of hydrogen-bond donors (Lipinski definition) is 0. The van der Waals surface area contributed by atoms with Gasteiger partial charge >= 0.3 is 6.18 Å². The van der Waals surface area contributed by atoms with Crippen molar-refractivity contribution >= 4 is 59.2 Å². The monoisotopic (exact) mass is 576 g/mol. The van der Waals surface area contributed by atoms with Crippen LogP contribution in [0.4, 0.5) is 24.5 Å². The van der Waals surface area contributed by atoms with E-state index in [1.807, 2.05) is 0 Å². The molecule has 2 rings (SSSR count). The van der Waals surface area contributed by atoms with E-state index in [9.17, 15) is 33.4 Å². The van der Waals surface area contributed by atoms with Crippen LogP contribution in [-0.2, 0) is 11.8 Å². The first-order valence-electron chi connectivity index (χ1n) is 6.94. The van der Waals surface area contributed by atoms with Crippen LogP contribution in [0.25, 0.3) is 0 Å². The summed E-state index contributed by atoms with van der Waals surface area (Å²) >= 11 is 9.30. The Kier molecular flexibility index (Phi) is 8.82. The molecule has 0 N–H and O–H groups in total. The van der Waals surface area contributed by atoms with Gasteiger partial charge in [0.2, 0.25) is 0 Å². The standard InChI is InChI=1S/C8H5BrF3NO2.C7H5Br2NO2/c9-6-2-1-3-7(13(14)15)5(6)4-8(10,11)12;8-4-5-6(9)2-1-3-7(5)10(11)12/h1-3H,4H2;1-3H,4H2. The predicted molar refractivity (Wildman–Crippen MR) is 104 cm³/mol. The highest BCUT2D eigenvalue weighted by atomic mass is 79.9. The van der Waals surface area contributed by atoms with E-state index in [1.54, 1.807) is 12.1 Å². The van der Waals surface area contributed by atoms with Gasteiger partial charge in [-0.2, -0.15) is 13.2 Å². The molecule has 2 aromatic carbocycles. The van der Waals surface area contributed by atoms with Crippen molar-refractivity contribution in [1.82, 2.24) is 0 Å². The summed E-state index contributed by atoms with van der Waals surface area (Å²) in [6.07, 6.45) is -5.78. The molecule has 0 atom stereocenters. The molecule has 0 aliphatic heterocycles. The SMILES string of the molecule is O=[N+]([O-])c1cccc(Br)c1CBr.O=[N+]([O-])c1cccc(Br)c1CC(F)(F)F. The van der Waals surface area contributed by atoms with Gasteiger partial charge in [-0.15, -0.1) is 0 Å². The molecule has 0 aliphatic rings. The van der Waals surface area contributed by atoms with Gasteiger partial charge in [0.25, 0.3) is 11.4 Å². The van der Waals surface area contributed by atoms with Crippen LogP contribution >= 0.6 is 47.8 Å². The first kappa shape index (κ1) is 23.5. The van der Waals surface area contributed by atoms with E-state index < -0.39 is 23.2 Å². The zero-order valence-corrected chi connectivity index (χ0v) is 17.9. The van der Waals surface area contributed by atoms with Crippen LogP contribution in [0, 0.1) is 20.2 Å². The van der Waals surface area contributed by atoms with Crippen LogP contribution in [0.5, 0.6) is 0 Å². The summed E-state index contributed by atoms with van der Waals surface area (Å²) in [6, 6.07) is 8.63. The van der Waals surface area contributed by atoms with Crippen molar-refractivity contribution in [1.29, 1.82) is 0 Å². The van der Waals surface area contributed by atoms with E-state index in [1.165, 1.54) is 18.2 Å². The lowest BCUT2D eigenvalue weighted by Crippen LogP contribution is -2.13. The predicted octanol–water partition coefficient (Wildman–Crippen LogP) is 6.71. The van der Waals surface area contributed by atoms with Gasteiger partial charge in [0.15, 0.2) is 0 Å². The topological polar surface area (TPSA) is 86.3 Å². The molecule has 146 valence electrons. The summed E-state index contributed by atoms with van der Waals surface area (Å²) in [5.41, 5.74) is -0.0690. The number of alkyl halides is 4. The van der Waals surface area contributed by atoms with Crippen LogP contribution in [-0.4, -0.2) is 16.0 Å². The second-order valence-corrected chi connectivity index (χ2v) is 7.18. The molecule has 2 aromatic rings. The van der Waals surface area contributed by atoms with Gasteiger partial charge in [-0.1, -0.05) is 59.9 Å². The van der Waals surface area contributed by atoms with Gasteiger partial charge in [-0.3, -0.25) is 20.2 Å². The summed E-state index contributed by atoms with van der Waals surface area (Å²) in [7, 11) is 0. The summed E-state index contributed by atoms with van der Waals surface area (Å²) < 4.78 is 37.2. The second-order valence-electron chi connectivity index (χ2n) is 4.91. The molecule has 12 heteroatoms. The molecule has 6 nitrogen and oxygen atoms in total. The maximum Gasteiger partial charge on any atom is 0.393 e. The largest absolute Gasteiger partial charge is 0.393 e. The van der Waals surface area contributed by atoms with E-state index in [0.29, 0.717) is 10.9 Å². The van der Waals surface area contributed by atoms with Crippen LogP contribution < -0.4 is 0 Å². The van der Waals surface area contributed by atoms with E-state index in [4.69, 9.17) is 0 Å². The highest BCUT2D eigenvalue weighted by Gasteiger charge is 2.32. The van der Waals surface area contributed by atoms with Crippen LogP contribution in [0.3, 0.4) is 0 Å². The van der Waals surface area contributed by atoms with Gasteiger partial charge in [0, 0.05) is 26.4 Å². The Morgan fingerprint density at radius 2 is 1.26 bits per heavy atom. The lowest BCUT2D eigenvalue weighted by atomic mass is 10.1. The van der Waals surface area contributed by atoms with Crippen molar-refractivity contribution in [2.24, 2.45) is 0 Å². The summed E-state index contributed by atoms with van der Waals surface area (Å²) in [5.74, 6) is 0. The fraction of sp³-hybridized carbons (Fsp3) is 0.200. The maximum absolute atomic E-state index is 12.1.